The molecule has 102 valence electrons. The number of fused-ring (bicyclic) bond motifs is 1. The lowest BCUT2D eigenvalue weighted by Crippen LogP contribution is -2.15. The van der Waals surface area contributed by atoms with Crippen molar-refractivity contribution in [2.75, 3.05) is 7.05 Å². The highest BCUT2D eigenvalue weighted by molar-refractivity contribution is 5.29. The number of rotatable bonds is 3. The summed E-state index contributed by atoms with van der Waals surface area (Å²) in [5.74, 6) is 1.29. The second-order valence-electron chi connectivity index (χ2n) is 5.21. The van der Waals surface area contributed by atoms with E-state index < -0.39 is 0 Å². The molecule has 2 aromatic rings. The Kier molecular flexibility index (Phi) is 3.38. The summed E-state index contributed by atoms with van der Waals surface area (Å²) in [6.45, 7) is 2.47. The molecule has 0 bridgehead atoms. The molecular formula is C14H20N4O. The third-order valence-corrected chi connectivity index (χ3v) is 3.80. The van der Waals surface area contributed by atoms with Crippen molar-refractivity contribution in [1.29, 1.82) is 0 Å². The number of hydrogen-bond acceptors (Lipinski definition) is 4. The highest BCUT2D eigenvalue weighted by atomic mass is 16.4. The van der Waals surface area contributed by atoms with Crippen LogP contribution in [0.2, 0.25) is 0 Å². The lowest BCUT2D eigenvalue weighted by Gasteiger charge is -2.13. The minimum absolute atomic E-state index is 0.475. The summed E-state index contributed by atoms with van der Waals surface area (Å²) in [5, 5.41) is 11.3. The van der Waals surface area contributed by atoms with Crippen LogP contribution < -0.4 is 5.32 Å². The molecular weight excluding hydrogens is 240 g/mol. The van der Waals surface area contributed by atoms with E-state index in [1.54, 1.807) is 0 Å². The quantitative estimate of drug-likeness (QED) is 0.860. The molecule has 1 aliphatic carbocycles. The van der Waals surface area contributed by atoms with Crippen LogP contribution in [0.15, 0.2) is 16.8 Å². The SMILES string of the molecule is CNC1CCCCc2cn(Cc3nnc(C)o3)cc21. The van der Waals surface area contributed by atoms with Crippen molar-refractivity contribution in [3.63, 3.8) is 0 Å². The summed E-state index contributed by atoms with van der Waals surface area (Å²) in [4.78, 5) is 0. The van der Waals surface area contributed by atoms with Crippen molar-refractivity contribution in [2.24, 2.45) is 0 Å². The van der Waals surface area contributed by atoms with Crippen LogP contribution in [-0.2, 0) is 13.0 Å². The van der Waals surface area contributed by atoms with Gasteiger partial charge < -0.3 is 14.3 Å². The number of aromatic nitrogens is 3. The van der Waals surface area contributed by atoms with Crippen LogP contribution in [0.25, 0.3) is 0 Å². The van der Waals surface area contributed by atoms with Gasteiger partial charge in [-0.1, -0.05) is 6.42 Å². The maximum atomic E-state index is 5.44. The van der Waals surface area contributed by atoms with E-state index >= 15 is 0 Å². The van der Waals surface area contributed by atoms with Gasteiger partial charge in [0.05, 0.1) is 0 Å². The zero-order chi connectivity index (χ0) is 13.2. The van der Waals surface area contributed by atoms with Crippen molar-refractivity contribution in [3.05, 3.63) is 35.3 Å². The van der Waals surface area contributed by atoms with E-state index in [1.807, 2.05) is 14.0 Å². The zero-order valence-corrected chi connectivity index (χ0v) is 11.5. The highest BCUT2D eigenvalue weighted by Crippen LogP contribution is 2.29. The first-order valence-electron chi connectivity index (χ1n) is 6.91. The van der Waals surface area contributed by atoms with Crippen molar-refractivity contribution in [3.8, 4) is 0 Å². The van der Waals surface area contributed by atoms with Gasteiger partial charge in [-0.15, -0.1) is 10.2 Å². The Bertz CT molecular complexity index is 558. The van der Waals surface area contributed by atoms with Gasteiger partial charge in [-0.05, 0) is 37.4 Å². The first-order valence-corrected chi connectivity index (χ1v) is 6.91. The van der Waals surface area contributed by atoms with E-state index in [2.05, 4.69) is 32.5 Å². The smallest absolute Gasteiger partial charge is 0.236 e. The van der Waals surface area contributed by atoms with E-state index in [1.165, 1.54) is 36.8 Å². The van der Waals surface area contributed by atoms with Crippen LogP contribution in [0.3, 0.4) is 0 Å². The Hall–Kier alpha value is -1.62. The van der Waals surface area contributed by atoms with Crippen LogP contribution >= 0.6 is 0 Å². The lowest BCUT2D eigenvalue weighted by molar-refractivity contribution is 0.454. The Labute approximate surface area is 113 Å². The predicted molar refractivity (Wildman–Crippen MR) is 71.9 cm³/mol. The third-order valence-electron chi connectivity index (χ3n) is 3.80. The second-order valence-corrected chi connectivity index (χ2v) is 5.21. The first kappa shape index (κ1) is 12.4. The van der Waals surface area contributed by atoms with Crippen LogP contribution in [-0.4, -0.2) is 21.8 Å². The maximum Gasteiger partial charge on any atom is 0.236 e. The molecule has 19 heavy (non-hydrogen) atoms. The highest BCUT2D eigenvalue weighted by Gasteiger charge is 2.19. The second kappa shape index (κ2) is 5.17. The monoisotopic (exact) mass is 260 g/mol. The largest absolute Gasteiger partial charge is 0.424 e. The van der Waals surface area contributed by atoms with Crippen LogP contribution in [0.5, 0.6) is 0 Å². The topological polar surface area (TPSA) is 55.9 Å². The van der Waals surface area contributed by atoms with Gasteiger partial charge in [0.15, 0.2) is 0 Å². The van der Waals surface area contributed by atoms with Crippen molar-refractivity contribution in [2.45, 2.75) is 45.2 Å². The van der Waals surface area contributed by atoms with Crippen molar-refractivity contribution in [1.82, 2.24) is 20.1 Å². The average molecular weight is 260 g/mol. The lowest BCUT2D eigenvalue weighted by atomic mass is 10.1. The van der Waals surface area contributed by atoms with Gasteiger partial charge >= 0.3 is 0 Å². The fraction of sp³-hybridized carbons (Fsp3) is 0.571. The number of hydrogen-bond donors (Lipinski definition) is 1. The minimum atomic E-state index is 0.475. The molecule has 1 unspecified atom stereocenters. The summed E-state index contributed by atoms with van der Waals surface area (Å²) < 4.78 is 7.60. The minimum Gasteiger partial charge on any atom is -0.424 e. The van der Waals surface area contributed by atoms with Crippen molar-refractivity contribution < 1.29 is 4.42 Å². The van der Waals surface area contributed by atoms with Crippen LogP contribution in [0.4, 0.5) is 0 Å². The van der Waals surface area contributed by atoms with Gasteiger partial charge in [-0.3, -0.25) is 0 Å². The summed E-state index contributed by atoms with van der Waals surface area (Å²) in [6.07, 6.45) is 9.40. The Morgan fingerprint density at radius 3 is 3.00 bits per heavy atom. The normalized spacial score (nSPS) is 19.2. The molecule has 0 aliphatic heterocycles. The molecule has 0 aromatic carbocycles. The van der Waals surface area contributed by atoms with Gasteiger partial charge in [0.1, 0.15) is 6.54 Å². The van der Waals surface area contributed by atoms with Crippen LogP contribution in [0, 0.1) is 6.92 Å². The molecule has 0 radical (unpaired) electrons. The summed E-state index contributed by atoms with van der Waals surface area (Å²) >= 11 is 0. The molecule has 1 atom stereocenters. The molecule has 3 rings (SSSR count). The molecule has 1 N–H and O–H groups in total. The zero-order valence-electron chi connectivity index (χ0n) is 11.5. The number of aryl methyl sites for hydroxylation is 2. The van der Waals surface area contributed by atoms with E-state index in [4.69, 9.17) is 4.42 Å². The molecule has 2 heterocycles. The van der Waals surface area contributed by atoms with Crippen molar-refractivity contribution >= 4 is 0 Å². The Morgan fingerprint density at radius 1 is 1.37 bits per heavy atom. The predicted octanol–water partition coefficient (Wildman–Crippen LogP) is 2.21. The molecule has 2 aromatic heterocycles. The molecule has 0 spiro atoms. The van der Waals surface area contributed by atoms with Gasteiger partial charge in [0.25, 0.3) is 0 Å². The first-order chi connectivity index (χ1) is 9.26. The van der Waals surface area contributed by atoms with Gasteiger partial charge in [-0.25, -0.2) is 0 Å². The van der Waals surface area contributed by atoms with Gasteiger partial charge in [0, 0.05) is 25.4 Å². The average Bonchev–Trinajstić information content (AvgIpc) is 2.92. The van der Waals surface area contributed by atoms with Gasteiger partial charge in [0.2, 0.25) is 11.8 Å². The van der Waals surface area contributed by atoms with Gasteiger partial charge in [-0.2, -0.15) is 0 Å². The standard InChI is InChI=1S/C14H20N4O/c1-10-16-17-14(19-10)9-18-7-11-5-3-4-6-13(15-2)12(11)8-18/h7-8,13,15H,3-6,9H2,1-2H3. The molecule has 1 aliphatic rings. The third kappa shape index (κ3) is 2.56. The van der Waals surface area contributed by atoms with E-state index in [-0.39, 0.29) is 0 Å². The number of nitrogens with one attached hydrogen (secondary N) is 1. The molecule has 0 fully saturated rings. The summed E-state index contributed by atoms with van der Waals surface area (Å²) in [5.41, 5.74) is 2.88. The molecule has 5 heteroatoms. The van der Waals surface area contributed by atoms with E-state index in [9.17, 15) is 0 Å². The van der Waals surface area contributed by atoms with E-state index in [0.29, 0.717) is 24.4 Å². The van der Waals surface area contributed by atoms with Crippen LogP contribution in [0.1, 0.15) is 48.2 Å². The Morgan fingerprint density at radius 2 is 2.26 bits per heavy atom. The summed E-state index contributed by atoms with van der Waals surface area (Å²) in [6, 6.07) is 0.475. The van der Waals surface area contributed by atoms with E-state index in [0.717, 1.165) is 0 Å². The summed E-state index contributed by atoms with van der Waals surface area (Å²) in [7, 11) is 2.04. The molecule has 0 saturated heterocycles. The number of nitrogens with zero attached hydrogens (tertiary/aromatic N) is 3. The Balaban J connectivity index is 1.84. The fourth-order valence-corrected chi connectivity index (χ4v) is 2.86. The fourth-order valence-electron chi connectivity index (χ4n) is 2.86. The molecule has 0 saturated carbocycles. The molecule has 0 amide bonds. The maximum absolute atomic E-state index is 5.44. The molecule has 5 nitrogen and oxygen atoms in total.